The van der Waals surface area contributed by atoms with Crippen molar-refractivity contribution >= 4 is 17.7 Å². The van der Waals surface area contributed by atoms with Gasteiger partial charge in [0.25, 0.3) is 0 Å². The number of ether oxygens (including phenoxy) is 3. The lowest BCUT2D eigenvalue weighted by Gasteiger charge is -2.31. The van der Waals surface area contributed by atoms with Crippen molar-refractivity contribution in [3.8, 4) is 35.2 Å². The lowest BCUT2D eigenvalue weighted by molar-refractivity contribution is -0.141. The molecule has 2 N–H and O–H groups in total. The second-order valence-electron chi connectivity index (χ2n) is 15.6. The molecular formula is C47H56O8. The Morgan fingerprint density at radius 1 is 0.764 bits per heavy atom. The van der Waals surface area contributed by atoms with Gasteiger partial charge in [-0.05, 0) is 135 Å². The molecule has 4 aliphatic carbocycles. The van der Waals surface area contributed by atoms with Crippen LogP contribution in [-0.2, 0) is 19.1 Å². The summed E-state index contributed by atoms with van der Waals surface area (Å²) >= 11 is 0. The third-order valence-corrected chi connectivity index (χ3v) is 11.5. The summed E-state index contributed by atoms with van der Waals surface area (Å²) < 4.78 is 16.7. The van der Waals surface area contributed by atoms with Gasteiger partial charge in [-0.25, -0.2) is 0 Å². The number of methoxy groups -OCH3 is 1. The molecule has 55 heavy (non-hydrogen) atoms. The largest absolute Gasteiger partial charge is 0.489 e. The van der Waals surface area contributed by atoms with Crippen LogP contribution in [0.1, 0.15) is 127 Å². The number of allylic oxidation sites excluding steroid dienone is 2. The van der Waals surface area contributed by atoms with Gasteiger partial charge in [0, 0.05) is 12.8 Å². The summed E-state index contributed by atoms with van der Waals surface area (Å²) in [5.74, 6) is 12.1. The molecule has 292 valence electrons. The number of Topliss-reactive ketones (excluding diaryl/α,β-unsaturated/α-hetero) is 1. The van der Waals surface area contributed by atoms with Crippen molar-refractivity contribution in [1.82, 2.24) is 0 Å². The van der Waals surface area contributed by atoms with E-state index in [1.807, 2.05) is 48.5 Å². The SMILES string of the molecule is CC#C[C@@H](CC(=O)O)c1ccc(OCC2=C[C@@]3(CCC2)CCC(=O)C3)cc1.CC#C[C@@H](CC(=O)OC)c1ccc(OCC2=C[C@@]3(CCC2)CC[C@H](O)C3)cc1. The van der Waals surface area contributed by atoms with Crippen molar-refractivity contribution in [3.05, 3.63) is 83.0 Å². The molecule has 2 aromatic carbocycles. The Labute approximate surface area is 326 Å². The Hall–Kier alpha value is -4.79. The quantitative estimate of drug-likeness (QED) is 0.126. The maximum Gasteiger partial charge on any atom is 0.307 e. The van der Waals surface area contributed by atoms with E-state index >= 15 is 0 Å². The van der Waals surface area contributed by atoms with Crippen LogP contribution in [0.4, 0.5) is 0 Å². The fraction of sp³-hybridized carbons (Fsp3) is 0.511. The third-order valence-electron chi connectivity index (χ3n) is 11.5. The Morgan fingerprint density at radius 3 is 1.75 bits per heavy atom. The molecule has 0 aliphatic heterocycles. The second kappa shape index (κ2) is 19.7. The smallest absolute Gasteiger partial charge is 0.307 e. The zero-order valence-electron chi connectivity index (χ0n) is 32.7. The monoisotopic (exact) mass is 748 g/mol. The fourth-order valence-corrected chi connectivity index (χ4v) is 8.72. The topological polar surface area (TPSA) is 119 Å². The number of aliphatic hydroxyl groups is 1. The molecule has 0 aromatic heterocycles. The van der Waals surface area contributed by atoms with Gasteiger partial charge < -0.3 is 24.4 Å². The number of hydrogen-bond acceptors (Lipinski definition) is 7. The van der Waals surface area contributed by atoms with Crippen molar-refractivity contribution < 1.29 is 38.8 Å². The molecule has 0 saturated heterocycles. The Balaban J connectivity index is 0.000000211. The molecule has 2 fully saturated rings. The minimum atomic E-state index is -0.855. The van der Waals surface area contributed by atoms with Crippen LogP contribution in [0.3, 0.4) is 0 Å². The Bertz CT molecular complexity index is 1830. The molecule has 0 unspecified atom stereocenters. The molecule has 4 aliphatic rings. The van der Waals surface area contributed by atoms with Gasteiger partial charge in [-0.15, -0.1) is 11.8 Å². The molecule has 0 bridgehead atoms. The molecule has 0 radical (unpaired) electrons. The maximum absolute atomic E-state index is 11.7. The highest BCUT2D eigenvalue weighted by Crippen LogP contribution is 2.48. The van der Waals surface area contributed by atoms with Crippen LogP contribution in [0, 0.1) is 34.5 Å². The maximum atomic E-state index is 11.7. The van der Waals surface area contributed by atoms with E-state index in [0.29, 0.717) is 31.8 Å². The van der Waals surface area contributed by atoms with E-state index in [1.54, 1.807) is 13.8 Å². The van der Waals surface area contributed by atoms with Crippen LogP contribution >= 0.6 is 0 Å². The van der Waals surface area contributed by atoms with Crippen LogP contribution in [-0.4, -0.2) is 54.4 Å². The van der Waals surface area contributed by atoms with Crippen LogP contribution in [0.2, 0.25) is 0 Å². The van der Waals surface area contributed by atoms with Gasteiger partial charge in [0.1, 0.15) is 30.5 Å². The van der Waals surface area contributed by atoms with E-state index in [0.717, 1.165) is 74.0 Å². The summed E-state index contributed by atoms with van der Waals surface area (Å²) in [7, 11) is 1.39. The predicted octanol–water partition coefficient (Wildman–Crippen LogP) is 8.87. The molecule has 5 atom stereocenters. The van der Waals surface area contributed by atoms with E-state index in [2.05, 4.69) is 35.8 Å². The van der Waals surface area contributed by atoms with Gasteiger partial charge in [0.05, 0.1) is 37.9 Å². The van der Waals surface area contributed by atoms with Crippen LogP contribution in [0.25, 0.3) is 0 Å². The number of carboxylic acid groups (broad SMARTS) is 1. The molecule has 2 spiro atoms. The third kappa shape index (κ3) is 12.1. The number of aliphatic carboxylic acids is 1. The van der Waals surface area contributed by atoms with Crippen LogP contribution in [0.15, 0.2) is 71.8 Å². The van der Waals surface area contributed by atoms with Gasteiger partial charge in [-0.1, -0.05) is 48.3 Å². The van der Waals surface area contributed by atoms with Gasteiger partial charge in [-0.3, -0.25) is 14.4 Å². The first-order valence-corrected chi connectivity index (χ1v) is 19.7. The van der Waals surface area contributed by atoms with E-state index in [4.69, 9.17) is 19.3 Å². The standard InChI is InChI=1S/C24H30O4.C23H26O4/c1-3-5-20(14-23(26)27-2)19-7-9-22(10-8-19)28-17-18-6-4-12-24(15-18)13-11-21(25)16-24;1-2-4-19(13-22(25)26)18-6-8-21(9-7-18)27-16-17-5-3-11-23(14-17)12-10-20(24)15-23/h7-10,15,20-21,25H,4,6,11-14,16-17H2,1-2H3;6-9,14,19H,3,5,10-13,15-16H2,1H3,(H,25,26)/t20-,21-,24+;19-,23+/m00/s1. The summed E-state index contributed by atoms with van der Waals surface area (Å²) in [4.78, 5) is 34.3. The Morgan fingerprint density at radius 2 is 1.29 bits per heavy atom. The van der Waals surface area contributed by atoms with Crippen molar-refractivity contribution in [3.63, 3.8) is 0 Å². The van der Waals surface area contributed by atoms with Gasteiger partial charge >= 0.3 is 11.9 Å². The number of hydrogen-bond donors (Lipinski definition) is 2. The van der Waals surface area contributed by atoms with Crippen LogP contribution in [0.5, 0.6) is 11.5 Å². The number of carboxylic acids is 1. The molecule has 6 rings (SSSR count). The summed E-state index contributed by atoms with van der Waals surface area (Å²) in [6, 6.07) is 15.3. The molecule has 0 amide bonds. The molecule has 2 saturated carbocycles. The summed E-state index contributed by atoms with van der Waals surface area (Å²) in [5.41, 5.74) is 4.77. The summed E-state index contributed by atoms with van der Waals surface area (Å²) in [5, 5.41) is 19.0. The van der Waals surface area contributed by atoms with Crippen molar-refractivity contribution in [2.75, 3.05) is 20.3 Å². The average molecular weight is 749 g/mol. The average Bonchev–Trinajstić information content (AvgIpc) is 3.72. The molecule has 2 aromatic rings. The molecule has 8 heteroatoms. The second-order valence-corrected chi connectivity index (χ2v) is 15.6. The van der Waals surface area contributed by atoms with Gasteiger partial charge in [0.2, 0.25) is 0 Å². The number of benzene rings is 2. The molecule has 0 heterocycles. The van der Waals surface area contributed by atoms with E-state index in [1.165, 1.54) is 31.1 Å². The highest BCUT2D eigenvalue weighted by atomic mass is 16.5. The van der Waals surface area contributed by atoms with E-state index in [9.17, 15) is 19.5 Å². The minimum Gasteiger partial charge on any atom is -0.489 e. The predicted molar refractivity (Wildman–Crippen MR) is 213 cm³/mol. The van der Waals surface area contributed by atoms with Gasteiger partial charge in [-0.2, -0.15) is 0 Å². The first-order chi connectivity index (χ1) is 26.5. The zero-order chi connectivity index (χ0) is 39.3. The van der Waals surface area contributed by atoms with Crippen molar-refractivity contribution in [2.45, 2.75) is 122 Å². The van der Waals surface area contributed by atoms with Crippen molar-refractivity contribution in [1.29, 1.82) is 0 Å². The number of ketones is 1. The number of carbonyl (C=O) groups excluding carboxylic acids is 2. The molecule has 8 nitrogen and oxygen atoms in total. The highest BCUT2D eigenvalue weighted by molar-refractivity contribution is 5.82. The van der Waals surface area contributed by atoms with Crippen LogP contribution < -0.4 is 9.47 Å². The number of esters is 1. The lowest BCUT2D eigenvalue weighted by atomic mass is 9.75. The normalized spacial score (nSPS) is 23.8. The zero-order valence-corrected chi connectivity index (χ0v) is 32.7. The Kier molecular flexibility index (Phi) is 14.8. The molecular weight excluding hydrogens is 693 g/mol. The highest BCUT2D eigenvalue weighted by Gasteiger charge is 2.39. The minimum absolute atomic E-state index is 0.00523. The number of rotatable bonds is 12. The first-order valence-electron chi connectivity index (χ1n) is 19.7. The van der Waals surface area contributed by atoms with Crippen molar-refractivity contribution in [2.24, 2.45) is 10.8 Å². The summed E-state index contributed by atoms with van der Waals surface area (Å²) in [6.45, 7) is 4.63. The first kappa shape index (κ1) is 41.4. The van der Waals surface area contributed by atoms with E-state index < -0.39 is 5.97 Å². The number of carbonyl (C=O) groups is 3. The summed E-state index contributed by atoms with van der Waals surface area (Å²) in [6.07, 6.45) is 16.7. The van der Waals surface area contributed by atoms with Gasteiger partial charge in [0.15, 0.2) is 0 Å². The lowest BCUT2D eigenvalue weighted by Crippen LogP contribution is -2.21. The fourth-order valence-electron chi connectivity index (χ4n) is 8.72. The number of aliphatic hydroxyl groups excluding tert-OH is 1. The van der Waals surface area contributed by atoms with E-state index in [-0.39, 0.29) is 47.6 Å².